The van der Waals surface area contributed by atoms with Crippen molar-refractivity contribution in [1.29, 1.82) is 0 Å². The van der Waals surface area contributed by atoms with Crippen LogP contribution in [0.5, 0.6) is 0 Å². The van der Waals surface area contributed by atoms with Gasteiger partial charge in [-0.05, 0) is 23.8 Å². The molecule has 2 aromatic carbocycles. The highest BCUT2D eigenvalue weighted by atomic mass is 19.1. The molecular weight excluding hydrogens is 338 g/mol. The van der Waals surface area contributed by atoms with Crippen molar-refractivity contribution in [2.45, 2.75) is 32.4 Å². The fourth-order valence-electron chi connectivity index (χ4n) is 2.96. The highest BCUT2D eigenvalue weighted by molar-refractivity contribution is 6.01. The molecule has 4 nitrogen and oxygen atoms in total. The van der Waals surface area contributed by atoms with Gasteiger partial charge in [0.2, 0.25) is 5.91 Å². The third kappa shape index (κ3) is 4.25. The molecule has 1 aliphatic heterocycles. The fraction of sp³-hybridized carbons (Fsp3) is 0.300. The van der Waals surface area contributed by atoms with Crippen molar-refractivity contribution in [1.82, 2.24) is 4.90 Å². The Morgan fingerprint density at radius 1 is 1.23 bits per heavy atom. The number of carbonyl (C=O) groups excluding carboxylic acids is 1. The molecule has 0 aromatic heterocycles. The van der Waals surface area contributed by atoms with Crippen molar-refractivity contribution < 1.29 is 18.4 Å². The lowest BCUT2D eigenvalue weighted by atomic mass is 10.0. The third-order valence-electron chi connectivity index (χ3n) is 4.26. The van der Waals surface area contributed by atoms with Crippen LogP contribution in [0.4, 0.5) is 8.78 Å². The summed E-state index contributed by atoms with van der Waals surface area (Å²) in [5, 5.41) is 3.99. The van der Waals surface area contributed by atoms with Gasteiger partial charge in [0.15, 0.2) is 6.10 Å². The Morgan fingerprint density at radius 3 is 2.77 bits per heavy atom. The molecule has 0 bridgehead atoms. The van der Waals surface area contributed by atoms with Gasteiger partial charge < -0.3 is 9.74 Å². The topological polar surface area (TPSA) is 41.9 Å². The summed E-state index contributed by atoms with van der Waals surface area (Å²) in [6, 6.07) is 12.6. The average molecular weight is 358 g/mol. The van der Waals surface area contributed by atoms with E-state index in [0.717, 1.165) is 0 Å². The normalized spacial score (nSPS) is 16.1. The van der Waals surface area contributed by atoms with Crippen molar-refractivity contribution in [3.8, 4) is 0 Å². The zero-order valence-corrected chi connectivity index (χ0v) is 14.5. The molecular formula is C20H20F2N2O2. The minimum absolute atomic E-state index is 0.0581. The monoisotopic (exact) mass is 358 g/mol. The van der Waals surface area contributed by atoms with E-state index in [1.807, 2.05) is 0 Å². The van der Waals surface area contributed by atoms with Gasteiger partial charge in [-0.2, -0.15) is 0 Å². The predicted molar refractivity (Wildman–Crippen MR) is 94.5 cm³/mol. The van der Waals surface area contributed by atoms with Crippen molar-refractivity contribution >= 4 is 11.6 Å². The molecule has 3 rings (SSSR count). The van der Waals surface area contributed by atoms with Crippen LogP contribution >= 0.6 is 0 Å². The van der Waals surface area contributed by atoms with Gasteiger partial charge in [-0.15, -0.1) is 0 Å². The molecule has 0 saturated carbocycles. The number of halogens is 2. The maximum Gasteiger partial charge on any atom is 0.222 e. The zero-order valence-electron chi connectivity index (χ0n) is 14.5. The van der Waals surface area contributed by atoms with Gasteiger partial charge in [-0.25, -0.2) is 8.78 Å². The highest BCUT2D eigenvalue weighted by Crippen LogP contribution is 2.20. The molecule has 1 atom stereocenters. The largest absolute Gasteiger partial charge is 0.390 e. The van der Waals surface area contributed by atoms with Crippen LogP contribution in [0.15, 0.2) is 53.7 Å². The van der Waals surface area contributed by atoms with Crippen LogP contribution in [-0.2, 0) is 16.2 Å². The van der Waals surface area contributed by atoms with E-state index in [4.69, 9.17) is 4.84 Å². The Bertz CT molecular complexity index is 823. The second kappa shape index (κ2) is 8.08. The van der Waals surface area contributed by atoms with Gasteiger partial charge in [0.1, 0.15) is 11.6 Å². The molecule has 0 N–H and O–H groups in total. The summed E-state index contributed by atoms with van der Waals surface area (Å²) in [7, 11) is 0. The van der Waals surface area contributed by atoms with Gasteiger partial charge in [-0.3, -0.25) is 4.79 Å². The lowest BCUT2D eigenvalue weighted by Gasteiger charge is -2.24. The van der Waals surface area contributed by atoms with Crippen LogP contribution < -0.4 is 0 Å². The molecule has 6 heteroatoms. The zero-order chi connectivity index (χ0) is 18.5. The SMILES string of the molecule is CCC(=O)N(Cc1cccc(F)c1)C[C@@H]1CC(c2ccccc2F)=NO1. The van der Waals surface area contributed by atoms with E-state index < -0.39 is 0 Å². The van der Waals surface area contributed by atoms with Gasteiger partial charge in [-0.1, -0.05) is 42.4 Å². The summed E-state index contributed by atoms with van der Waals surface area (Å²) >= 11 is 0. The number of hydrogen-bond acceptors (Lipinski definition) is 3. The fourth-order valence-corrected chi connectivity index (χ4v) is 2.96. The molecule has 0 saturated heterocycles. The van der Waals surface area contributed by atoms with E-state index in [1.54, 1.807) is 42.2 Å². The van der Waals surface area contributed by atoms with E-state index in [-0.39, 0.29) is 23.6 Å². The number of amides is 1. The summed E-state index contributed by atoms with van der Waals surface area (Å²) in [6.07, 6.45) is 0.398. The summed E-state index contributed by atoms with van der Waals surface area (Å²) in [6.45, 7) is 2.38. The Hall–Kier alpha value is -2.76. The van der Waals surface area contributed by atoms with Crippen LogP contribution in [-0.4, -0.2) is 29.2 Å². The molecule has 0 fully saturated rings. The van der Waals surface area contributed by atoms with Crippen LogP contribution in [0.1, 0.15) is 30.9 Å². The summed E-state index contributed by atoms with van der Waals surface area (Å²) < 4.78 is 27.3. The standard InChI is InChI=1S/C20H20F2N2O2/c1-2-20(25)24(12-14-6-5-7-15(21)10-14)13-16-11-19(23-26-16)17-8-3-4-9-18(17)22/h3-10,16H,2,11-13H2,1H3/t16-/m0/s1. The first-order chi connectivity index (χ1) is 12.6. The molecule has 1 heterocycles. The first-order valence-corrected chi connectivity index (χ1v) is 8.56. The van der Waals surface area contributed by atoms with E-state index in [2.05, 4.69) is 5.16 Å². The Morgan fingerprint density at radius 2 is 2.04 bits per heavy atom. The number of rotatable bonds is 6. The van der Waals surface area contributed by atoms with Gasteiger partial charge in [0, 0.05) is 24.9 Å². The lowest BCUT2D eigenvalue weighted by molar-refractivity contribution is -0.133. The lowest BCUT2D eigenvalue weighted by Crippen LogP contribution is -2.36. The maximum absolute atomic E-state index is 13.9. The molecule has 0 radical (unpaired) electrons. The molecule has 0 unspecified atom stereocenters. The molecule has 1 amide bonds. The van der Waals surface area contributed by atoms with Gasteiger partial charge >= 0.3 is 0 Å². The maximum atomic E-state index is 13.9. The van der Waals surface area contributed by atoms with Crippen molar-refractivity contribution in [2.24, 2.45) is 5.16 Å². The number of nitrogens with zero attached hydrogens (tertiary/aromatic N) is 2. The predicted octanol–water partition coefficient (Wildman–Crippen LogP) is 3.90. The average Bonchev–Trinajstić information content (AvgIpc) is 3.09. The molecule has 0 aliphatic carbocycles. The quantitative estimate of drug-likeness (QED) is 0.786. The third-order valence-corrected chi connectivity index (χ3v) is 4.26. The van der Waals surface area contributed by atoms with Crippen molar-refractivity contribution in [3.05, 3.63) is 71.3 Å². The highest BCUT2D eigenvalue weighted by Gasteiger charge is 2.27. The summed E-state index contributed by atoms with van der Waals surface area (Å²) in [5.41, 5.74) is 1.65. The van der Waals surface area contributed by atoms with Crippen molar-refractivity contribution in [3.63, 3.8) is 0 Å². The summed E-state index contributed by atoms with van der Waals surface area (Å²) in [4.78, 5) is 19.3. The van der Waals surface area contributed by atoms with E-state index in [1.165, 1.54) is 18.2 Å². The van der Waals surface area contributed by atoms with E-state index in [0.29, 0.717) is 42.8 Å². The van der Waals surface area contributed by atoms with Crippen LogP contribution in [0.3, 0.4) is 0 Å². The first-order valence-electron chi connectivity index (χ1n) is 8.56. The minimum atomic E-state index is -0.353. The first kappa shape index (κ1) is 18.0. The minimum Gasteiger partial charge on any atom is -0.390 e. The number of hydrogen-bond donors (Lipinski definition) is 0. The van der Waals surface area contributed by atoms with Crippen LogP contribution in [0, 0.1) is 11.6 Å². The Kier molecular flexibility index (Phi) is 5.61. The molecule has 0 spiro atoms. The molecule has 1 aliphatic rings. The van der Waals surface area contributed by atoms with E-state index in [9.17, 15) is 13.6 Å². The van der Waals surface area contributed by atoms with Crippen LogP contribution in [0.2, 0.25) is 0 Å². The number of carbonyl (C=O) groups is 1. The smallest absolute Gasteiger partial charge is 0.222 e. The summed E-state index contributed by atoms with van der Waals surface area (Å²) in [5.74, 6) is -0.748. The molecule has 136 valence electrons. The van der Waals surface area contributed by atoms with Crippen molar-refractivity contribution in [2.75, 3.05) is 6.54 Å². The number of benzene rings is 2. The Balaban J connectivity index is 1.67. The van der Waals surface area contributed by atoms with Crippen LogP contribution in [0.25, 0.3) is 0 Å². The second-order valence-corrected chi connectivity index (χ2v) is 6.21. The number of oxime groups is 1. The van der Waals surface area contributed by atoms with Gasteiger partial charge in [0.25, 0.3) is 0 Å². The molecule has 26 heavy (non-hydrogen) atoms. The Labute approximate surface area is 151 Å². The van der Waals surface area contributed by atoms with Gasteiger partial charge in [0.05, 0.1) is 12.3 Å². The second-order valence-electron chi connectivity index (χ2n) is 6.21. The molecule has 2 aromatic rings. The van der Waals surface area contributed by atoms with E-state index >= 15 is 0 Å².